The number of piperidine rings is 1. The van der Waals surface area contributed by atoms with Crippen LogP contribution in [0.25, 0.3) is 0 Å². The second-order valence-corrected chi connectivity index (χ2v) is 7.56. The Morgan fingerprint density at radius 2 is 2.21 bits per heavy atom. The summed E-state index contributed by atoms with van der Waals surface area (Å²) < 4.78 is 11.0. The van der Waals surface area contributed by atoms with Crippen LogP contribution < -0.4 is 5.32 Å². The van der Waals surface area contributed by atoms with Gasteiger partial charge in [-0.15, -0.1) is 0 Å². The highest BCUT2D eigenvalue weighted by Gasteiger charge is 2.59. The van der Waals surface area contributed by atoms with E-state index in [0.29, 0.717) is 29.2 Å². The smallest absolute Gasteiger partial charge is 0.257 e. The van der Waals surface area contributed by atoms with Gasteiger partial charge in [0.2, 0.25) is 0 Å². The third-order valence-electron chi connectivity index (χ3n) is 6.42. The molecular formula is C19H28N2O3. The molecule has 1 spiro atoms. The summed E-state index contributed by atoms with van der Waals surface area (Å²) in [6.07, 6.45) is 10.8. The minimum Gasteiger partial charge on any atom is -0.472 e. The molecular weight excluding hydrogens is 304 g/mol. The fraction of sp³-hybridized carbons (Fsp3) is 0.737. The summed E-state index contributed by atoms with van der Waals surface area (Å²) in [5.41, 5.74) is 1.08. The normalized spacial score (nSPS) is 29.3. The number of rotatable bonds is 5. The zero-order chi connectivity index (χ0) is 16.6. The Kier molecular flexibility index (Phi) is 4.39. The van der Waals surface area contributed by atoms with Crippen molar-refractivity contribution in [2.24, 2.45) is 5.41 Å². The summed E-state index contributed by atoms with van der Waals surface area (Å²) in [5, 5.41) is 3.89. The molecule has 3 aliphatic rings. The lowest BCUT2D eigenvalue weighted by Crippen LogP contribution is -2.68. The molecule has 1 aliphatic heterocycles. The van der Waals surface area contributed by atoms with E-state index in [1.54, 1.807) is 12.3 Å². The average molecular weight is 332 g/mol. The van der Waals surface area contributed by atoms with E-state index in [-0.39, 0.29) is 5.91 Å². The Bertz CT molecular complexity index is 559. The SMILES string of the molecule is CCOC1CC(NC2CCN(C(=O)c3ccoc3)CC2)C12CCC2. The van der Waals surface area contributed by atoms with E-state index in [4.69, 9.17) is 9.15 Å². The number of furan rings is 1. The van der Waals surface area contributed by atoms with Gasteiger partial charge in [-0.25, -0.2) is 0 Å². The van der Waals surface area contributed by atoms with Crippen LogP contribution in [0.15, 0.2) is 23.0 Å². The molecule has 2 unspecified atom stereocenters. The van der Waals surface area contributed by atoms with Crippen molar-refractivity contribution in [1.82, 2.24) is 10.2 Å². The Balaban J connectivity index is 1.27. The number of amides is 1. The van der Waals surface area contributed by atoms with E-state index in [9.17, 15) is 4.79 Å². The first-order chi connectivity index (χ1) is 11.7. The molecule has 3 fully saturated rings. The van der Waals surface area contributed by atoms with Crippen molar-refractivity contribution in [2.45, 2.75) is 63.6 Å². The molecule has 1 amide bonds. The number of ether oxygens (including phenoxy) is 1. The molecule has 5 nitrogen and oxygen atoms in total. The third-order valence-corrected chi connectivity index (χ3v) is 6.42. The van der Waals surface area contributed by atoms with Gasteiger partial charge in [0, 0.05) is 37.2 Å². The number of carbonyl (C=O) groups is 1. The fourth-order valence-corrected chi connectivity index (χ4v) is 4.77. The van der Waals surface area contributed by atoms with Crippen LogP contribution in [-0.4, -0.2) is 48.7 Å². The van der Waals surface area contributed by atoms with E-state index in [2.05, 4.69) is 12.2 Å². The van der Waals surface area contributed by atoms with Gasteiger partial charge < -0.3 is 19.4 Å². The van der Waals surface area contributed by atoms with Gasteiger partial charge in [0.15, 0.2) is 0 Å². The minimum absolute atomic E-state index is 0.0951. The Hall–Kier alpha value is -1.33. The van der Waals surface area contributed by atoms with Gasteiger partial charge in [0.05, 0.1) is 17.9 Å². The maximum Gasteiger partial charge on any atom is 0.257 e. The predicted molar refractivity (Wildman–Crippen MR) is 90.9 cm³/mol. The number of hydrogen-bond acceptors (Lipinski definition) is 4. The highest BCUT2D eigenvalue weighted by atomic mass is 16.5. The summed E-state index contributed by atoms with van der Waals surface area (Å²) in [6.45, 7) is 4.58. The van der Waals surface area contributed by atoms with Crippen LogP contribution in [-0.2, 0) is 4.74 Å². The molecule has 0 aromatic carbocycles. The van der Waals surface area contributed by atoms with Gasteiger partial charge in [0.1, 0.15) is 6.26 Å². The topological polar surface area (TPSA) is 54.7 Å². The summed E-state index contributed by atoms with van der Waals surface area (Å²) in [7, 11) is 0. The van der Waals surface area contributed by atoms with E-state index < -0.39 is 0 Å². The molecule has 2 heterocycles. The largest absolute Gasteiger partial charge is 0.472 e. The molecule has 1 N–H and O–H groups in total. The van der Waals surface area contributed by atoms with E-state index in [1.807, 2.05) is 4.90 Å². The van der Waals surface area contributed by atoms with Crippen LogP contribution in [0.4, 0.5) is 0 Å². The van der Waals surface area contributed by atoms with Crippen molar-refractivity contribution >= 4 is 5.91 Å². The first kappa shape index (κ1) is 16.2. The standard InChI is InChI=1S/C19H28N2O3/c1-2-24-17-12-16(19(17)7-3-8-19)20-15-4-9-21(10-5-15)18(22)14-6-11-23-13-14/h6,11,13,15-17,20H,2-5,7-10,12H2,1H3. The molecule has 2 aliphatic carbocycles. The van der Waals surface area contributed by atoms with Gasteiger partial charge in [-0.3, -0.25) is 4.79 Å². The van der Waals surface area contributed by atoms with Crippen LogP contribution in [0.3, 0.4) is 0 Å². The third kappa shape index (κ3) is 2.68. The lowest BCUT2D eigenvalue weighted by Gasteiger charge is -2.62. The quantitative estimate of drug-likeness (QED) is 0.901. The Morgan fingerprint density at radius 3 is 2.79 bits per heavy atom. The molecule has 132 valence electrons. The molecule has 4 rings (SSSR count). The maximum absolute atomic E-state index is 12.4. The van der Waals surface area contributed by atoms with Crippen molar-refractivity contribution in [2.75, 3.05) is 19.7 Å². The Morgan fingerprint density at radius 1 is 1.42 bits per heavy atom. The molecule has 1 aromatic rings. The minimum atomic E-state index is 0.0951. The van der Waals surface area contributed by atoms with Gasteiger partial charge in [-0.05, 0) is 45.1 Å². The predicted octanol–water partition coefficient (Wildman–Crippen LogP) is 2.82. The fourth-order valence-electron chi connectivity index (χ4n) is 4.77. The van der Waals surface area contributed by atoms with Crippen molar-refractivity contribution in [3.63, 3.8) is 0 Å². The van der Waals surface area contributed by atoms with Gasteiger partial charge in [0.25, 0.3) is 5.91 Å². The summed E-state index contributed by atoms with van der Waals surface area (Å²) >= 11 is 0. The summed E-state index contributed by atoms with van der Waals surface area (Å²) in [4.78, 5) is 14.3. The van der Waals surface area contributed by atoms with Crippen molar-refractivity contribution in [3.05, 3.63) is 24.2 Å². The number of carbonyl (C=O) groups excluding carboxylic acids is 1. The van der Waals surface area contributed by atoms with Crippen molar-refractivity contribution in [3.8, 4) is 0 Å². The van der Waals surface area contributed by atoms with Crippen LogP contribution in [0.5, 0.6) is 0 Å². The van der Waals surface area contributed by atoms with Crippen molar-refractivity contribution in [1.29, 1.82) is 0 Å². The number of nitrogens with one attached hydrogen (secondary N) is 1. The van der Waals surface area contributed by atoms with Crippen LogP contribution >= 0.6 is 0 Å². The Labute approximate surface area is 143 Å². The second-order valence-electron chi connectivity index (χ2n) is 7.56. The first-order valence-corrected chi connectivity index (χ1v) is 9.42. The number of hydrogen-bond donors (Lipinski definition) is 1. The monoisotopic (exact) mass is 332 g/mol. The number of nitrogens with zero attached hydrogens (tertiary/aromatic N) is 1. The number of likely N-dealkylation sites (tertiary alicyclic amines) is 1. The highest BCUT2D eigenvalue weighted by Crippen LogP contribution is 2.57. The zero-order valence-electron chi connectivity index (χ0n) is 14.5. The van der Waals surface area contributed by atoms with Gasteiger partial charge >= 0.3 is 0 Å². The first-order valence-electron chi connectivity index (χ1n) is 9.42. The molecule has 5 heteroatoms. The highest BCUT2D eigenvalue weighted by molar-refractivity contribution is 5.93. The van der Waals surface area contributed by atoms with Crippen LogP contribution in [0.2, 0.25) is 0 Å². The average Bonchev–Trinajstić information content (AvgIpc) is 3.06. The van der Waals surface area contributed by atoms with Crippen LogP contribution in [0, 0.1) is 5.41 Å². The molecule has 24 heavy (non-hydrogen) atoms. The van der Waals surface area contributed by atoms with Crippen molar-refractivity contribution < 1.29 is 13.9 Å². The van der Waals surface area contributed by atoms with E-state index in [0.717, 1.165) is 39.0 Å². The molecule has 1 aromatic heterocycles. The molecule has 0 radical (unpaired) electrons. The van der Waals surface area contributed by atoms with Gasteiger partial charge in [-0.1, -0.05) is 6.42 Å². The second kappa shape index (κ2) is 6.52. The lowest BCUT2D eigenvalue weighted by atomic mass is 9.51. The molecule has 2 atom stereocenters. The lowest BCUT2D eigenvalue weighted by molar-refractivity contribution is -0.175. The molecule has 1 saturated heterocycles. The summed E-state index contributed by atoms with van der Waals surface area (Å²) in [5.74, 6) is 0.0951. The van der Waals surface area contributed by atoms with Crippen LogP contribution in [0.1, 0.15) is 55.8 Å². The van der Waals surface area contributed by atoms with E-state index in [1.165, 1.54) is 25.5 Å². The summed E-state index contributed by atoms with van der Waals surface area (Å²) in [6, 6.07) is 2.89. The van der Waals surface area contributed by atoms with E-state index >= 15 is 0 Å². The molecule has 2 saturated carbocycles. The van der Waals surface area contributed by atoms with Gasteiger partial charge in [-0.2, -0.15) is 0 Å². The zero-order valence-corrected chi connectivity index (χ0v) is 14.5. The molecule has 0 bridgehead atoms. The maximum atomic E-state index is 12.4.